The van der Waals surface area contributed by atoms with Gasteiger partial charge in [0, 0.05) is 13.0 Å². The van der Waals surface area contributed by atoms with Gasteiger partial charge in [0.05, 0.1) is 0 Å². The van der Waals surface area contributed by atoms with E-state index in [0.29, 0.717) is 6.42 Å². The molecule has 2 unspecified atom stereocenters. The fraction of sp³-hybridized carbons (Fsp3) is 0.800. The molecule has 1 aliphatic heterocycles. The average Bonchev–Trinajstić information content (AvgIpc) is 2.54. The van der Waals surface area contributed by atoms with Crippen LogP contribution in [-0.2, 0) is 9.47 Å². The predicted molar refractivity (Wildman–Crippen MR) is 48.0 cm³/mol. The van der Waals surface area contributed by atoms with Gasteiger partial charge in [-0.25, -0.2) is 0 Å². The molecule has 0 bridgehead atoms. The molecule has 0 aromatic rings. The zero-order chi connectivity index (χ0) is 9.15. The lowest BCUT2D eigenvalue weighted by Gasteiger charge is -2.30. The van der Waals surface area contributed by atoms with E-state index in [-0.39, 0.29) is 6.29 Å². The highest BCUT2D eigenvalue weighted by atomic mass is 16.7. The minimum Gasteiger partial charge on any atom is -0.362 e. The van der Waals surface area contributed by atoms with Crippen molar-refractivity contribution >= 4 is 0 Å². The molecule has 0 spiro atoms. The Kier molecular flexibility index (Phi) is 2.67. The quantitative estimate of drug-likeness (QED) is 0.523. The molecule has 1 heterocycles. The monoisotopic (exact) mass is 184 g/mol. The number of ether oxygens (including phenoxy) is 2. The molecule has 1 saturated heterocycles. The fourth-order valence-electron chi connectivity index (χ4n) is 1.77. The summed E-state index contributed by atoms with van der Waals surface area (Å²) in [6.45, 7) is 0.754. The predicted octanol–water partition coefficient (Wildman–Crippen LogP) is 1.57. The van der Waals surface area contributed by atoms with Gasteiger partial charge in [-0.1, -0.05) is 6.08 Å². The number of aliphatic hydroxyl groups is 1. The van der Waals surface area contributed by atoms with Crippen molar-refractivity contribution in [1.29, 1.82) is 0 Å². The zero-order valence-corrected chi connectivity index (χ0v) is 7.74. The van der Waals surface area contributed by atoms with Gasteiger partial charge < -0.3 is 14.6 Å². The van der Waals surface area contributed by atoms with Crippen LogP contribution in [-0.4, -0.2) is 23.8 Å². The van der Waals surface area contributed by atoms with Gasteiger partial charge in [0.2, 0.25) is 0 Å². The van der Waals surface area contributed by atoms with Crippen LogP contribution in [0.2, 0.25) is 0 Å². The van der Waals surface area contributed by atoms with Crippen LogP contribution in [0.1, 0.15) is 32.1 Å². The molecule has 1 N–H and O–H groups in total. The summed E-state index contributed by atoms with van der Waals surface area (Å²) in [6.07, 6.45) is 8.15. The minimum absolute atomic E-state index is 0.207. The molecule has 2 aliphatic rings. The van der Waals surface area contributed by atoms with E-state index in [1.54, 1.807) is 6.08 Å². The highest BCUT2D eigenvalue weighted by Crippen LogP contribution is 2.27. The normalized spacial score (nSPS) is 39.6. The Hall–Kier alpha value is -0.380. The minimum atomic E-state index is -1.05. The molecule has 0 saturated carbocycles. The molecule has 3 nitrogen and oxygen atoms in total. The number of rotatable bonds is 2. The van der Waals surface area contributed by atoms with E-state index < -0.39 is 5.79 Å². The van der Waals surface area contributed by atoms with Crippen LogP contribution in [0.5, 0.6) is 0 Å². The molecule has 74 valence electrons. The molecule has 3 heteroatoms. The lowest BCUT2D eigenvalue weighted by molar-refractivity contribution is -0.276. The van der Waals surface area contributed by atoms with Crippen LogP contribution >= 0.6 is 0 Å². The van der Waals surface area contributed by atoms with Crippen molar-refractivity contribution in [1.82, 2.24) is 0 Å². The number of hydrogen-bond donors (Lipinski definition) is 1. The summed E-state index contributed by atoms with van der Waals surface area (Å²) in [5.41, 5.74) is 0. The SMILES string of the molecule is OC1(OC2CCCCO2)C=CCC1. The molecular formula is C10H16O3. The van der Waals surface area contributed by atoms with Crippen LogP contribution in [0.4, 0.5) is 0 Å². The Labute approximate surface area is 78.3 Å². The topological polar surface area (TPSA) is 38.7 Å². The van der Waals surface area contributed by atoms with Crippen LogP contribution in [0.3, 0.4) is 0 Å². The highest BCUT2D eigenvalue weighted by molar-refractivity contribution is 5.03. The molecule has 2 rings (SSSR count). The molecule has 0 amide bonds. The van der Waals surface area contributed by atoms with Crippen molar-refractivity contribution in [3.05, 3.63) is 12.2 Å². The van der Waals surface area contributed by atoms with E-state index >= 15 is 0 Å². The summed E-state index contributed by atoms with van der Waals surface area (Å²) in [5, 5.41) is 9.85. The van der Waals surface area contributed by atoms with Crippen molar-refractivity contribution in [2.75, 3.05) is 6.61 Å². The van der Waals surface area contributed by atoms with Crippen molar-refractivity contribution in [3.63, 3.8) is 0 Å². The van der Waals surface area contributed by atoms with Gasteiger partial charge in [0.1, 0.15) is 0 Å². The van der Waals surface area contributed by atoms with Gasteiger partial charge in [-0.2, -0.15) is 0 Å². The van der Waals surface area contributed by atoms with E-state index in [1.807, 2.05) is 6.08 Å². The maximum Gasteiger partial charge on any atom is 0.188 e. The van der Waals surface area contributed by atoms with Crippen molar-refractivity contribution in [2.45, 2.75) is 44.2 Å². The third-order valence-electron chi connectivity index (χ3n) is 2.52. The molecule has 0 radical (unpaired) electrons. The lowest BCUT2D eigenvalue weighted by Crippen LogP contribution is -2.35. The van der Waals surface area contributed by atoms with E-state index in [1.165, 1.54) is 0 Å². The van der Waals surface area contributed by atoms with Gasteiger partial charge in [-0.05, 0) is 31.8 Å². The second-order valence-electron chi connectivity index (χ2n) is 3.70. The molecule has 2 atom stereocenters. The van der Waals surface area contributed by atoms with Crippen molar-refractivity contribution in [3.8, 4) is 0 Å². The van der Waals surface area contributed by atoms with E-state index in [9.17, 15) is 5.11 Å². The zero-order valence-electron chi connectivity index (χ0n) is 7.74. The second kappa shape index (κ2) is 3.78. The van der Waals surface area contributed by atoms with Crippen molar-refractivity contribution < 1.29 is 14.6 Å². The van der Waals surface area contributed by atoms with Crippen LogP contribution in [0.15, 0.2) is 12.2 Å². The standard InChI is InChI=1S/C10H16O3/c11-10(6-2-3-7-10)13-9-5-1-4-8-12-9/h2,6,9,11H,1,3-5,7-8H2. The summed E-state index contributed by atoms with van der Waals surface area (Å²) in [7, 11) is 0. The fourth-order valence-corrected chi connectivity index (χ4v) is 1.77. The first-order valence-electron chi connectivity index (χ1n) is 4.98. The smallest absolute Gasteiger partial charge is 0.188 e. The van der Waals surface area contributed by atoms with Gasteiger partial charge in [0.15, 0.2) is 12.1 Å². The second-order valence-corrected chi connectivity index (χ2v) is 3.70. The summed E-state index contributed by atoms with van der Waals surface area (Å²) < 4.78 is 10.9. The summed E-state index contributed by atoms with van der Waals surface area (Å²) >= 11 is 0. The maximum atomic E-state index is 9.85. The molecule has 0 aromatic heterocycles. The number of hydrogen-bond acceptors (Lipinski definition) is 3. The average molecular weight is 184 g/mol. The van der Waals surface area contributed by atoms with Gasteiger partial charge in [-0.3, -0.25) is 0 Å². The van der Waals surface area contributed by atoms with E-state index in [4.69, 9.17) is 9.47 Å². The third kappa shape index (κ3) is 2.30. The maximum absolute atomic E-state index is 9.85. The third-order valence-corrected chi connectivity index (χ3v) is 2.52. The molecule has 1 aliphatic carbocycles. The Morgan fingerprint density at radius 1 is 1.46 bits per heavy atom. The summed E-state index contributed by atoms with van der Waals surface area (Å²) in [5.74, 6) is -1.05. The Balaban J connectivity index is 1.85. The van der Waals surface area contributed by atoms with Crippen LogP contribution < -0.4 is 0 Å². The van der Waals surface area contributed by atoms with E-state index in [2.05, 4.69) is 0 Å². The van der Waals surface area contributed by atoms with Gasteiger partial charge >= 0.3 is 0 Å². The molecule has 13 heavy (non-hydrogen) atoms. The lowest BCUT2D eigenvalue weighted by atomic mass is 10.2. The first-order chi connectivity index (χ1) is 6.29. The number of allylic oxidation sites excluding steroid dienone is 1. The highest BCUT2D eigenvalue weighted by Gasteiger charge is 2.31. The van der Waals surface area contributed by atoms with E-state index in [0.717, 1.165) is 32.3 Å². The Morgan fingerprint density at radius 2 is 2.38 bits per heavy atom. The Morgan fingerprint density at radius 3 is 3.00 bits per heavy atom. The largest absolute Gasteiger partial charge is 0.362 e. The summed E-state index contributed by atoms with van der Waals surface area (Å²) in [6, 6.07) is 0. The van der Waals surface area contributed by atoms with Crippen LogP contribution in [0.25, 0.3) is 0 Å². The molecule has 1 fully saturated rings. The van der Waals surface area contributed by atoms with Gasteiger partial charge in [0.25, 0.3) is 0 Å². The summed E-state index contributed by atoms with van der Waals surface area (Å²) in [4.78, 5) is 0. The van der Waals surface area contributed by atoms with Crippen molar-refractivity contribution in [2.24, 2.45) is 0 Å². The van der Waals surface area contributed by atoms with Gasteiger partial charge in [-0.15, -0.1) is 0 Å². The Bertz CT molecular complexity index is 196. The molecular weight excluding hydrogens is 168 g/mol. The van der Waals surface area contributed by atoms with Crippen LogP contribution in [0, 0.1) is 0 Å². The first kappa shape index (κ1) is 9.19. The first-order valence-corrected chi connectivity index (χ1v) is 4.98. The molecule has 0 aromatic carbocycles.